The summed E-state index contributed by atoms with van der Waals surface area (Å²) in [4.78, 5) is 14.5. The average Bonchev–Trinajstić information content (AvgIpc) is 2.70. The van der Waals surface area contributed by atoms with Crippen LogP contribution in [0.4, 0.5) is 0 Å². The lowest BCUT2D eigenvalue weighted by Gasteiger charge is -2.45. The number of nitrogens with one attached hydrogen (secondary N) is 1. The molecular weight excluding hydrogens is 364 g/mol. The van der Waals surface area contributed by atoms with Crippen LogP contribution in [0.1, 0.15) is 37.8 Å². The summed E-state index contributed by atoms with van der Waals surface area (Å²) in [6.07, 6.45) is 2.16. The molecule has 0 aliphatic carbocycles. The van der Waals surface area contributed by atoms with Gasteiger partial charge in [-0.1, -0.05) is 38.1 Å². The Kier molecular flexibility index (Phi) is 6.80. The Hall–Kier alpha value is -2.53. The number of amides is 1. The highest BCUT2D eigenvalue weighted by atomic mass is 16.3. The van der Waals surface area contributed by atoms with Gasteiger partial charge in [-0.3, -0.25) is 4.79 Å². The monoisotopic (exact) mass is 396 g/mol. The van der Waals surface area contributed by atoms with E-state index in [2.05, 4.69) is 30.1 Å². The fourth-order valence-corrected chi connectivity index (χ4v) is 4.17. The third-order valence-electron chi connectivity index (χ3n) is 6.40. The van der Waals surface area contributed by atoms with Crippen LogP contribution in [0.15, 0.2) is 48.5 Å². The zero-order valence-electron chi connectivity index (χ0n) is 17.4. The Labute approximate surface area is 173 Å². The van der Waals surface area contributed by atoms with Gasteiger partial charge in [0.2, 0.25) is 5.91 Å². The first kappa shape index (κ1) is 21.2. The molecule has 0 bridgehead atoms. The minimum atomic E-state index is 0.0581. The zero-order valence-corrected chi connectivity index (χ0v) is 17.4. The van der Waals surface area contributed by atoms with Crippen molar-refractivity contribution in [1.29, 1.82) is 0 Å². The molecule has 1 saturated heterocycles. The number of nitrogens with zero attached hydrogens (tertiary/aromatic N) is 1. The molecule has 0 unspecified atom stereocenters. The zero-order chi connectivity index (χ0) is 20.9. The Morgan fingerprint density at radius 2 is 1.93 bits per heavy atom. The van der Waals surface area contributed by atoms with E-state index >= 15 is 0 Å². The summed E-state index contributed by atoms with van der Waals surface area (Å²) in [5.41, 5.74) is 2.31. The number of carbonyl (C=O) groups excluding carboxylic acids is 1. The Morgan fingerprint density at radius 1 is 1.17 bits per heavy atom. The van der Waals surface area contributed by atoms with E-state index in [4.69, 9.17) is 0 Å². The fraction of sp³-hybridized carbons (Fsp3) is 0.458. The van der Waals surface area contributed by atoms with Gasteiger partial charge in [-0.15, -0.1) is 0 Å². The van der Waals surface area contributed by atoms with E-state index in [1.807, 2.05) is 24.3 Å². The van der Waals surface area contributed by atoms with E-state index in [9.17, 15) is 15.0 Å². The van der Waals surface area contributed by atoms with E-state index in [1.54, 1.807) is 18.2 Å². The van der Waals surface area contributed by atoms with Crippen molar-refractivity contribution in [3.05, 3.63) is 59.7 Å². The third kappa shape index (κ3) is 5.51. The van der Waals surface area contributed by atoms with Gasteiger partial charge >= 0.3 is 0 Å². The van der Waals surface area contributed by atoms with Crippen LogP contribution in [-0.4, -0.2) is 47.2 Å². The number of phenols is 2. The minimum absolute atomic E-state index is 0.0581. The first-order valence-electron chi connectivity index (χ1n) is 10.4. The van der Waals surface area contributed by atoms with Crippen LogP contribution in [0.2, 0.25) is 0 Å². The second-order valence-electron chi connectivity index (χ2n) is 8.44. The number of rotatable bonds is 7. The normalized spacial score (nSPS) is 22.3. The van der Waals surface area contributed by atoms with Crippen molar-refractivity contribution in [2.45, 2.75) is 38.5 Å². The molecule has 0 aromatic heterocycles. The van der Waals surface area contributed by atoms with Crippen LogP contribution in [0.25, 0.3) is 0 Å². The Balaban J connectivity index is 1.41. The average molecular weight is 397 g/mol. The van der Waals surface area contributed by atoms with Gasteiger partial charge in [0.25, 0.3) is 0 Å². The number of phenolic OH excluding ortho intramolecular Hbond substituents is 2. The van der Waals surface area contributed by atoms with Crippen LogP contribution in [0.5, 0.6) is 11.5 Å². The van der Waals surface area contributed by atoms with Gasteiger partial charge in [0.15, 0.2) is 0 Å². The molecular formula is C24H32N2O3. The minimum Gasteiger partial charge on any atom is -0.508 e. The second kappa shape index (κ2) is 9.31. The van der Waals surface area contributed by atoms with Crippen molar-refractivity contribution in [2.75, 3.05) is 26.2 Å². The molecule has 5 nitrogen and oxygen atoms in total. The summed E-state index contributed by atoms with van der Waals surface area (Å²) in [5.74, 6) is 1.10. The highest BCUT2D eigenvalue weighted by Crippen LogP contribution is 2.40. The standard InChI is InChI=1S/C24H32N2O3/c1-18-17-26(14-12-24(18,2)20-4-3-5-22(28)16-20)15-13-25-23(29)11-8-19-6-9-21(27)10-7-19/h3-7,9-10,16,18,27-28H,8,11-15,17H2,1-2H3,(H,25,29)/t18-,24+/m0/s1. The molecule has 1 aliphatic heterocycles. The molecule has 3 N–H and O–H groups in total. The molecule has 0 spiro atoms. The molecule has 1 heterocycles. The number of benzene rings is 2. The van der Waals surface area contributed by atoms with Gasteiger partial charge in [0.1, 0.15) is 11.5 Å². The van der Waals surface area contributed by atoms with Gasteiger partial charge < -0.3 is 20.4 Å². The Morgan fingerprint density at radius 3 is 2.62 bits per heavy atom. The molecule has 3 rings (SSSR count). The van der Waals surface area contributed by atoms with Crippen LogP contribution in [-0.2, 0) is 16.6 Å². The number of carbonyl (C=O) groups is 1. The van der Waals surface area contributed by atoms with Crippen molar-refractivity contribution in [2.24, 2.45) is 5.92 Å². The molecule has 29 heavy (non-hydrogen) atoms. The lowest BCUT2D eigenvalue weighted by Crippen LogP contribution is -2.49. The molecule has 0 saturated carbocycles. The number of piperidine rings is 1. The smallest absolute Gasteiger partial charge is 0.220 e. The number of aromatic hydroxyl groups is 2. The second-order valence-corrected chi connectivity index (χ2v) is 8.44. The van der Waals surface area contributed by atoms with E-state index in [-0.39, 0.29) is 17.1 Å². The third-order valence-corrected chi connectivity index (χ3v) is 6.40. The first-order valence-corrected chi connectivity index (χ1v) is 10.4. The predicted octanol–water partition coefficient (Wildman–Crippen LogP) is 3.45. The van der Waals surface area contributed by atoms with Gasteiger partial charge in [0, 0.05) is 26.1 Å². The molecule has 156 valence electrons. The van der Waals surface area contributed by atoms with Crippen molar-refractivity contribution in [1.82, 2.24) is 10.2 Å². The van der Waals surface area contributed by atoms with Crippen molar-refractivity contribution >= 4 is 5.91 Å². The lowest BCUT2D eigenvalue weighted by atomic mass is 9.68. The molecule has 2 aromatic carbocycles. The van der Waals surface area contributed by atoms with E-state index < -0.39 is 0 Å². The molecule has 2 aromatic rings. The maximum atomic E-state index is 12.1. The van der Waals surface area contributed by atoms with Crippen molar-refractivity contribution < 1.29 is 15.0 Å². The summed E-state index contributed by atoms with van der Waals surface area (Å²) in [5, 5.41) is 22.2. The van der Waals surface area contributed by atoms with Crippen molar-refractivity contribution in [3.8, 4) is 11.5 Å². The molecule has 2 atom stereocenters. The van der Waals surface area contributed by atoms with Gasteiger partial charge in [-0.25, -0.2) is 0 Å². The van der Waals surface area contributed by atoms with Crippen LogP contribution in [0.3, 0.4) is 0 Å². The molecule has 1 fully saturated rings. The van der Waals surface area contributed by atoms with E-state index in [1.165, 1.54) is 5.56 Å². The highest BCUT2D eigenvalue weighted by molar-refractivity contribution is 5.76. The number of aryl methyl sites for hydroxylation is 1. The summed E-state index contributed by atoms with van der Waals surface area (Å²) in [7, 11) is 0. The van der Waals surface area contributed by atoms with Gasteiger partial charge in [0.05, 0.1) is 0 Å². The van der Waals surface area contributed by atoms with Gasteiger partial charge in [-0.05, 0) is 66.1 Å². The summed E-state index contributed by atoms with van der Waals surface area (Å²) >= 11 is 0. The summed E-state index contributed by atoms with van der Waals surface area (Å²) in [6.45, 7) is 8.03. The Bertz CT molecular complexity index is 821. The van der Waals surface area contributed by atoms with Crippen LogP contribution < -0.4 is 5.32 Å². The van der Waals surface area contributed by atoms with Crippen LogP contribution >= 0.6 is 0 Å². The van der Waals surface area contributed by atoms with E-state index in [0.29, 0.717) is 31.1 Å². The first-order chi connectivity index (χ1) is 13.9. The quantitative estimate of drug-likeness (QED) is 0.670. The molecule has 1 aliphatic rings. The molecule has 0 radical (unpaired) electrons. The number of hydrogen-bond donors (Lipinski definition) is 3. The topological polar surface area (TPSA) is 72.8 Å². The maximum absolute atomic E-state index is 12.1. The predicted molar refractivity (Wildman–Crippen MR) is 115 cm³/mol. The van der Waals surface area contributed by atoms with Crippen molar-refractivity contribution in [3.63, 3.8) is 0 Å². The fourth-order valence-electron chi connectivity index (χ4n) is 4.17. The van der Waals surface area contributed by atoms with Crippen LogP contribution in [0, 0.1) is 5.92 Å². The van der Waals surface area contributed by atoms with E-state index in [0.717, 1.165) is 31.6 Å². The molecule has 1 amide bonds. The summed E-state index contributed by atoms with van der Waals surface area (Å²) in [6, 6.07) is 14.6. The SMILES string of the molecule is C[C@H]1CN(CCNC(=O)CCc2ccc(O)cc2)CC[C@@]1(C)c1cccc(O)c1. The largest absolute Gasteiger partial charge is 0.508 e. The maximum Gasteiger partial charge on any atom is 0.220 e. The molecule has 5 heteroatoms. The van der Waals surface area contributed by atoms with Gasteiger partial charge in [-0.2, -0.15) is 0 Å². The highest BCUT2D eigenvalue weighted by Gasteiger charge is 2.37. The summed E-state index contributed by atoms with van der Waals surface area (Å²) < 4.78 is 0. The lowest BCUT2D eigenvalue weighted by molar-refractivity contribution is -0.121. The number of hydrogen-bond acceptors (Lipinski definition) is 4. The number of likely N-dealkylation sites (tertiary alicyclic amines) is 1.